The maximum atomic E-state index is 12.1. The molecular formula is C14H24N4O5. The van der Waals surface area contributed by atoms with E-state index in [1.165, 1.54) is 0 Å². The van der Waals surface area contributed by atoms with Crippen LogP contribution in [0.15, 0.2) is 5.11 Å². The Morgan fingerprint density at radius 3 is 2.57 bits per heavy atom. The lowest BCUT2D eigenvalue weighted by Gasteiger charge is -2.36. The Morgan fingerprint density at radius 2 is 2.04 bits per heavy atom. The monoisotopic (exact) mass is 328 g/mol. The molecule has 1 fully saturated rings. The Labute approximate surface area is 135 Å². The number of carbonyl (C=O) groups is 2. The van der Waals surface area contributed by atoms with Crippen LogP contribution in [0, 0.1) is 5.92 Å². The summed E-state index contributed by atoms with van der Waals surface area (Å²) >= 11 is 0. The van der Waals surface area contributed by atoms with Gasteiger partial charge in [0.05, 0.1) is 24.7 Å². The number of azide groups is 1. The van der Waals surface area contributed by atoms with Crippen LogP contribution in [0.4, 0.5) is 4.79 Å². The molecule has 0 radical (unpaired) electrons. The summed E-state index contributed by atoms with van der Waals surface area (Å²) in [7, 11) is 0. The van der Waals surface area contributed by atoms with E-state index in [9.17, 15) is 14.7 Å². The number of alkyl carbamates (subject to hydrolysis) is 1. The summed E-state index contributed by atoms with van der Waals surface area (Å²) in [4.78, 5) is 26.7. The number of nitrogens with one attached hydrogen (secondary N) is 1. The molecular weight excluding hydrogens is 304 g/mol. The van der Waals surface area contributed by atoms with Gasteiger partial charge in [0.1, 0.15) is 5.60 Å². The molecule has 130 valence electrons. The number of nitrogens with zero attached hydrogens (tertiary/aromatic N) is 3. The van der Waals surface area contributed by atoms with E-state index in [2.05, 4.69) is 15.3 Å². The van der Waals surface area contributed by atoms with Crippen molar-refractivity contribution in [1.29, 1.82) is 0 Å². The van der Waals surface area contributed by atoms with Crippen molar-refractivity contribution in [3.63, 3.8) is 0 Å². The first-order valence-corrected chi connectivity index (χ1v) is 7.56. The largest absolute Gasteiger partial charge is 0.466 e. The molecule has 0 bridgehead atoms. The quantitative estimate of drug-likeness (QED) is 0.352. The van der Waals surface area contributed by atoms with Crippen molar-refractivity contribution >= 4 is 12.1 Å². The fourth-order valence-electron chi connectivity index (χ4n) is 2.48. The minimum Gasteiger partial charge on any atom is -0.466 e. The lowest BCUT2D eigenvalue weighted by Crippen LogP contribution is -2.53. The SMILES string of the molecule is CCOC(=O)[C@@H]1C[C@@H](O)[C@H](N=[N+]=[N-])C[C@H]1NC(=O)OC(C)(C)C. The van der Waals surface area contributed by atoms with Gasteiger partial charge in [-0.1, -0.05) is 5.11 Å². The van der Waals surface area contributed by atoms with E-state index in [0.29, 0.717) is 0 Å². The van der Waals surface area contributed by atoms with Gasteiger partial charge in [-0.3, -0.25) is 4.79 Å². The van der Waals surface area contributed by atoms with Crippen LogP contribution in [0.3, 0.4) is 0 Å². The first kappa shape index (κ1) is 19.1. The van der Waals surface area contributed by atoms with Crippen LogP contribution in [-0.4, -0.2) is 47.6 Å². The minimum absolute atomic E-state index is 0.0446. The zero-order chi connectivity index (χ0) is 17.6. The van der Waals surface area contributed by atoms with Crippen LogP contribution in [-0.2, 0) is 14.3 Å². The molecule has 0 aromatic heterocycles. The molecule has 1 aliphatic carbocycles. The highest BCUT2D eigenvalue weighted by molar-refractivity contribution is 5.75. The number of ether oxygens (including phenoxy) is 2. The molecule has 1 rings (SSSR count). The van der Waals surface area contributed by atoms with E-state index in [4.69, 9.17) is 15.0 Å². The summed E-state index contributed by atoms with van der Waals surface area (Å²) in [6, 6.07) is -1.35. The average molecular weight is 328 g/mol. The number of amides is 1. The van der Waals surface area contributed by atoms with Crippen molar-refractivity contribution in [2.24, 2.45) is 11.0 Å². The van der Waals surface area contributed by atoms with Crippen molar-refractivity contribution in [2.45, 2.75) is 64.3 Å². The lowest BCUT2D eigenvalue weighted by atomic mass is 9.80. The standard InChI is InChI=1S/C14H24N4O5/c1-5-22-12(20)8-6-11(19)10(17-18-15)7-9(8)16-13(21)23-14(2,3)4/h8-11,19H,5-7H2,1-4H3,(H,16,21)/t8-,9-,10-,11-/m1/s1. The summed E-state index contributed by atoms with van der Waals surface area (Å²) in [5, 5.41) is 16.1. The highest BCUT2D eigenvalue weighted by Gasteiger charge is 2.41. The fourth-order valence-corrected chi connectivity index (χ4v) is 2.48. The molecule has 0 unspecified atom stereocenters. The van der Waals surface area contributed by atoms with Crippen molar-refractivity contribution in [3.05, 3.63) is 10.4 Å². The summed E-state index contributed by atoms with van der Waals surface area (Å²) in [5.41, 5.74) is 7.88. The Bertz CT molecular complexity index is 484. The Balaban J connectivity index is 2.87. The topological polar surface area (TPSA) is 134 Å². The molecule has 0 spiro atoms. The van der Waals surface area contributed by atoms with Crippen LogP contribution < -0.4 is 5.32 Å². The zero-order valence-electron chi connectivity index (χ0n) is 13.9. The molecule has 1 saturated carbocycles. The summed E-state index contributed by atoms with van der Waals surface area (Å²) < 4.78 is 10.2. The maximum absolute atomic E-state index is 12.1. The zero-order valence-corrected chi connectivity index (χ0v) is 13.9. The molecule has 23 heavy (non-hydrogen) atoms. The van der Waals surface area contributed by atoms with Crippen LogP contribution in [0.2, 0.25) is 0 Å². The van der Waals surface area contributed by atoms with Gasteiger partial charge in [-0.2, -0.15) is 0 Å². The number of hydrogen-bond acceptors (Lipinski definition) is 6. The Hall–Kier alpha value is -1.99. The molecule has 1 amide bonds. The van der Waals surface area contributed by atoms with E-state index < -0.39 is 41.8 Å². The van der Waals surface area contributed by atoms with Gasteiger partial charge in [-0.05, 0) is 46.1 Å². The summed E-state index contributed by atoms with van der Waals surface area (Å²) in [6.45, 7) is 7.05. The van der Waals surface area contributed by atoms with E-state index in [-0.39, 0.29) is 19.4 Å². The Morgan fingerprint density at radius 1 is 1.39 bits per heavy atom. The van der Waals surface area contributed by atoms with E-state index in [0.717, 1.165) is 0 Å². The second-order valence-corrected chi connectivity index (χ2v) is 6.42. The molecule has 9 nitrogen and oxygen atoms in total. The third kappa shape index (κ3) is 5.96. The molecule has 1 aliphatic rings. The van der Waals surface area contributed by atoms with Gasteiger partial charge in [0, 0.05) is 11.0 Å². The first-order chi connectivity index (χ1) is 10.7. The van der Waals surface area contributed by atoms with Gasteiger partial charge in [0.2, 0.25) is 0 Å². The van der Waals surface area contributed by atoms with Gasteiger partial charge in [0.25, 0.3) is 0 Å². The van der Waals surface area contributed by atoms with Gasteiger partial charge in [-0.25, -0.2) is 4.79 Å². The van der Waals surface area contributed by atoms with Gasteiger partial charge in [0.15, 0.2) is 0 Å². The number of aliphatic hydroxyl groups excluding tert-OH is 1. The number of rotatable bonds is 4. The maximum Gasteiger partial charge on any atom is 0.407 e. The Kier molecular flexibility index (Phi) is 6.65. The number of esters is 1. The van der Waals surface area contributed by atoms with E-state index in [1.807, 2.05) is 0 Å². The highest BCUT2D eigenvalue weighted by Crippen LogP contribution is 2.29. The predicted octanol–water partition coefficient (Wildman–Crippen LogP) is 1.89. The van der Waals surface area contributed by atoms with Crippen LogP contribution in [0.25, 0.3) is 10.4 Å². The van der Waals surface area contributed by atoms with Gasteiger partial charge < -0.3 is 19.9 Å². The third-order valence-corrected chi connectivity index (χ3v) is 3.41. The molecule has 0 heterocycles. The van der Waals surface area contributed by atoms with Crippen molar-refractivity contribution in [1.82, 2.24) is 5.32 Å². The molecule has 0 aromatic carbocycles. The highest BCUT2D eigenvalue weighted by atomic mass is 16.6. The number of aliphatic hydroxyl groups is 1. The fraction of sp³-hybridized carbons (Fsp3) is 0.857. The van der Waals surface area contributed by atoms with Crippen LogP contribution in [0.5, 0.6) is 0 Å². The van der Waals surface area contributed by atoms with Crippen LogP contribution >= 0.6 is 0 Å². The van der Waals surface area contributed by atoms with E-state index >= 15 is 0 Å². The minimum atomic E-state index is -0.961. The van der Waals surface area contributed by atoms with Crippen molar-refractivity contribution in [2.75, 3.05) is 6.61 Å². The smallest absolute Gasteiger partial charge is 0.407 e. The van der Waals surface area contributed by atoms with Crippen molar-refractivity contribution in [3.8, 4) is 0 Å². The molecule has 0 aliphatic heterocycles. The van der Waals surface area contributed by atoms with Crippen molar-refractivity contribution < 1.29 is 24.2 Å². The second-order valence-electron chi connectivity index (χ2n) is 6.42. The normalized spacial score (nSPS) is 27.5. The number of carbonyl (C=O) groups excluding carboxylic acids is 2. The molecule has 2 N–H and O–H groups in total. The third-order valence-electron chi connectivity index (χ3n) is 3.41. The van der Waals surface area contributed by atoms with E-state index in [1.54, 1.807) is 27.7 Å². The molecule has 0 aromatic rings. The van der Waals surface area contributed by atoms with Crippen LogP contribution in [0.1, 0.15) is 40.5 Å². The predicted molar refractivity (Wildman–Crippen MR) is 81.5 cm³/mol. The lowest BCUT2D eigenvalue weighted by molar-refractivity contribution is -0.151. The van der Waals surface area contributed by atoms with Gasteiger partial charge >= 0.3 is 12.1 Å². The first-order valence-electron chi connectivity index (χ1n) is 7.56. The summed E-state index contributed by atoms with van der Waals surface area (Å²) in [6.07, 6.45) is -1.46. The molecule has 0 saturated heterocycles. The molecule has 9 heteroatoms. The molecule has 4 atom stereocenters. The average Bonchev–Trinajstić information content (AvgIpc) is 2.40. The number of hydrogen-bond donors (Lipinski definition) is 2. The summed E-state index contributed by atoms with van der Waals surface area (Å²) in [5.74, 6) is -1.23. The van der Waals surface area contributed by atoms with Gasteiger partial charge in [-0.15, -0.1) is 0 Å². The second kappa shape index (κ2) is 8.03.